The standard InChI is InChI=1S/C15H18FNO/c1-9-5-13(16)8-14(6-9)17-11(3)15-7-10(2)18-12(15)4/h5-8,11,17H,1-4H3. The first-order valence-electron chi connectivity index (χ1n) is 6.06. The zero-order valence-corrected chi connectivity index (χ0v) is 11.2. The summed E-state index contributed by atoms with van der Waals surface area (Å²) < 4.78 is 18.8. The maximum Gasteiger partial charge on any atom is 0.125 e. The second-order valence-corrected chi connectivity index (χ2v) is 4.75. The fourth-order valence-electron chi connectivity index (χ4n) is 2.23. The Morgan fingerprint density at radius 1 is 1.11 bits per heavy atom. The van der Waals surface area contributed by atoms with Crippen LogP contribution in [0.4, 0.5) is 10.1 Å². The predicted molar refractivity (Wildman–Crippen MR) is 71.4 cm³/mol. The lowest BCUT2D eigenvalue weighted by molar-refractivity contribution is 0.500. The number of nitrogens with one attached hydrogen (secondary N) is 1. The minimum Gasteiger partial charge on any atom is -0.466 e. The smallest absolute Gasteiger partial charge is 0.125 e. The van der Waals surface area contributed by atoms with Gasteiger partial charge in [0, 0.05) is 11.3 Å². The van der Waals surface area contributed by atoms with E-state index in [-0.39, 0.29) is 11.9 Å². The van der Waals surface area contributed by atoms with E-state index in [1.807, 2.05) is 39.8 Å². The average Bonchev–Trinajstić information content (AvgIpc) is 2.56. The highest BCUT2D eigenvalue weighted by Crippen LogP contribution is 2.25. The van der Waals surface area contributed by atoms with Gasteiger partial charge in [0.15, 0.2) is 0 Å². The van der Waals surface area contributed by atoms with Gasteiger partial charge in [-0.15, -0.1) is 0 Å². The van der Waals surface area contributed by atoms with Crippen molar-refractivity contribution >= 4 is 5.69 Å². The van der Waals surface area contributed by atoms with Crippen LogP contribution in [0.15, 0.2) is 28.7 Å². The highest BCUT2D eigenvalue weighted by molar-refractivity contribution is 5.48. The SMILES string of the molecule is Cc1cc(F)cc(NC(C)c2cc(C)oc2C)c1. The molecule has 3 heteroatoms. The van der Waals surface area contributed by atoms with Crippen molar-refractivity contribution in [3.63, 3.8) is 0 Å². The number of anilines is 1. The first-order chi connectivity index (χ1) is 8.45. The van der Waals surface area contributed by atoms with E-state index in [4.69, 9.17) is 4.42 Å². The van der Waals surface area contributed by atoms with Gasteiger partial charge in [0.2, 0.25) is 0 Å². The van der Waals surface area contributed by atoms with Gasteiger partial charge in [-0.25, -0.2) is 4.39 Å². The lowest BCUT2D eigenvalue weighted by Gasteiger charge is -2.15. The third-order valence-electron chi connectivity index (χ3n) is 2.97. The molecule has 0 bridgehead atoms. The molecule has 2 rings (SSSR count). The Labute approximate surface area is 107 Å². The van der Waals surface area contributed by atoms with E-state index in [2.05, 4.69) is 5.32 Å². The molecule has 1 atom stereocenters. The highest BCUT2D eigenvalue weighted by atomic mass is 19.1. The second kappa shape index (κ2) is 4.84. The molecule has 96 valence electrons. The molecule has 1 aromatic heterocycles. The van der Waals surface area contributed by atoms with Crippen LogP contribution >= 0.6 is 0 Å². The predicted octanol–water partition coefficient (Wildman–Crippen LogP) is 4.52. The topological polar surface area (TPSA) is 25.2 Å². The summed E-state index contributed by atoms with van der Waals surface area (Å²) in [5.41, 5.74) is 2.80. The van der Waals surface area contributed by atoms with Crippen LogP contribution in [-0.4, -0.2) is 0 Å². The van der Waals surface area contributed by atoms with Crippen molar-refractivity contribution < 1.29 is 8.81 Å². The van der Waals surface area contributed by atoms with Gasteiger partial charge in [0.1, 0.15) is 17.3 Å². The zero-order chi connectivity index (χ0) is 13.3. The van der Waals surface area contributed by atoms with Crippen LogP contribution in [0.1, 0.15) is 35.6 Å². The maximum absolute atomic E-state index is 13.3. The van der Waals surface area contributed by atoms with Crippen molar-refractivity contribution in [3.8, 4) is 0 Å². The number of rotatable bonds is 3. The zero-order valence-electron chi connectivity index (χ0n) is 11.2. The molecule has 0 aliphatic rings. The van der Waals surface area contributed by atoms with E-state index in [1.54, 1.807) is 0 Å². The van der Waals surface area contributed by atoms with Crippen molar-refractivity contribution in [2.75, 3.05) is 5.32 Å². The van der Waals surface area contributed by atoms with E-state index in [1.165, 1.54) is 12.1 Å². The van der Waals surface area contributed by atoms with Gasteiger partial charge in [-0.05, 0) is 57.5 Å². The van der Waals surface area contributed by atoms with E-state index in [0.717, 1.165) is 28.3 Å². The Morgan fingerprint density at radius 3 is 2.39 bits per heavy atom. The van der Waals surface area contributed by atoms with E-state index < -0.39 is 0 Å². The number of furan rings is 1. The van der Waals surface area contributed by atoms with Crippen molar-refractivity contribution in [2.45, 2.75) is 33.7 Å². The van der Waals surface area contributed by atoms with Crippen LogP contribution < -0.4 is 5.32 Å². The van der Waals surface area contributed by atoms with Crippen LogP contribution in [0, 0.1) is 26.6 Å². The summed E-state index contributed by atoms with van der Waals surface area (Å²) in [5.74, 6) is 1.58. The van der Waals surface area contributed by atoms with E-state index in [9.17, 15) is 4.39 Å². The maximum atomic E-state index is 13.3. The normalized spacial score (nSPS) is 12.5. The summed E-state index contributed by atoms with van der Waals surface area (Å²) in [5, 5.41) is 3.29. The molecule has 0 fully saturated rings. The molecule has 0 amide bonds. The molecule has 0 aliphatic heterocycles. The molecule has 1 aromatic carbocycles. The Kier molecular flexibility index (Phi) is 3.41. The molecule has 0 saturated heterocycles. The van der Waals surface area contributed by atoms with Gasteiger partial charge in [-0.2, -0.15) is 0 Å². The molecule has 1 unspecified atom stereocenters. The van der Waals surface area contributed by atoms with Crippen LogP contribution in [0.25, 0.3) is 0 Å². The third kappa shape index (κ3) is 2.73. The summed E-state index contributed by atoms with van der Waals surface area (Å²) >= 11 is 0. The third-order valence-corrected chi connectivity index (χ3v) is 2.97. The Morgan fingerprint density at radius 2 is 1.83 bits per heavy atom. The van der Waals surface area contributed by atoms with Crippen molar-refractivity contribution in [3.05, 3.63) is 52.7 Å². The molecule has 2 nitrogen and oxygen atoms in total. The second-order valence-electron chi connectivity index (χ2n) is 4.75. The Bertz CT molecular complexity index is 539. The van der Waals surface area contributed by atoms with Crippen molar-refractivity contribution in [1.29, 1.82) is 0 Å². The minimum atomic E-state index is -0.218. The van der Waals surface area contributed by atoms with Gasteiger partial charge in [-0.3, -0.25) is 0 Å². The van der Waals surface area contributed by atoms with Crippen LogP contribution in [0.3, 0.4) is 0 Å². The molecule has 1 heterocycles. The Hall–Kier alpha value is -1.77. The summed E-state index contributed by atoms with van der Waals surface area (Å²) in [6, 6.07) is 7.05. The monoisotopic (exact) mass is 247 g/mol. The first-order valence-corrected chi connectivity index (χ1v) is 6.06. The number of hydrogen-bond donors (Lipinski definition) is 1. The molecule has 0 spiro atoms. The van der Waals surface area contributed by atoms with Gasteiger partial charge >= 0.3 is 0 Å². The molecule has 2 aromatic rings. The van der Waals surface area contributed by atoms with Crippen LogP contribution in [0.2, 0.25) is 0 Å². The average molecular weight is 247 g/mol. The fraction of sp³-hybridized carbons (Fsp3) is 0.333. The number of halogens is 1. The summed E-state index contributed by atoms with van der Waals surface area (Å²) in [7, 11) is 0. The quantitative estimate of drug-likeness (QED) is 0.862. The molecule has 0 saturated carbocycles. The van der Waals surface area contributed by atoms with E-state index >= 15 is 0 Å². The molecular weight excluding hydrogens is 229 g/mol. The van der Waals surface area contributed by atoms with Crippen molar-refractivity contribution in [1.82, 2.24) is 0 Å². The lowest BCUT2D eigenvalue weighted by atomic mass is 10.1. The number of benzene rings is 1. The van der Waals surface area contributed by atoms with E-state index in [0.29, 0.717) is 0 Å². The van der Waals surface area contributed by atoms with Crippen LogP contribution in [-0.2, 0) is 0 Å². The number of aryl methyl sites for hydroxylation is 3. The molecule has 1 N–H and O–H groups in total. The van der Waals surface area contributed by atoms with Crippen molar-refractivity contribution in [2.24, 2.45) is 0 Å². The summed E-state index contributed by atoms with van der Waals surface area (Å²) in [4.78, 5) is 0. The molecule has 0 aliphatic carbocycles. The molecular formula is C15H18FNO. The first kappa shape index (κ1) is 12.7. The minimum absolute atomic E-state index is 0.0867. The number of hydrogen-bond acceptors (Lipinski definition) is 2. The summed E-state index contributed by atoms with van der Waals surface area (Å²) in [6.45, 7) is 7.79. The van der Waals surface area contributed by atoms with Crippen LogP contribution in [0.5, 0.6) is 0 Å². The van der Waals surface area contributed by atoms with Gasteiger partial charge in [0.25, 0.3) is 0 Å². The van der Waals surface area contributed by atoms with Gasteiger partial charge in [0.05, 0.1) is 6.04 Å². The summed E-state index contributed by atoms with van der Waals surface area (Å²) in [6.07, 6.45) is 0. The molecule has 0 radical (unpaired) electrons. The Balaban J connectivity index is 2.20. The van der Waals surface area contributed by atoms with Gasteiger partial charge < -0.3 is 9.73 Å². The highest BCUT2D eigenvalue weighted by Gasteiger charge is 2.12. The lowest BCUT2D eigenvalue weighted by Crippen LogP contribution is -2.07. The van der Waals surface area contributed by atoms with Gasteiger partial charge in [-0.1, -0.05) is 0 Å². The largest absolute Gasteiger partial charge is 0.466 e. The fourth-order valence-corrected chi connectivity index (χ4v) is 2.23. The molecule has 18 heavy (non-hydrogen) atoms.